The Bertz CT molecular complexity index is 1110. The largest absolute Gasteiger partial charge is 0.454 e. The lowest BCUT2D eigenvalue weighted by molar-refractivity contribution is -0.149. The Kier molecular flexibility index (Phi) is 7.24. The van der Waals surface area contributed by atoms with Crippen molar-refractivity contribution < 1.29 is 19.1 Å². The highest BCUT2D eigenvalue weighted by atomic mass is 16.5. The summed E-state index contributed by atoms with van der Waals surface area (Å²) >= 11 is 0. The zero-order valence-electron chi connectivity index (χ0n) is 18.6. The molecule has 0 unspecified atom stereocenters. The minimum absolute atomic E-state index is 0.0795. The van der Waals surface area contributed by atoms with Gasteiger partial charge in [0, 0.05) is 25.2 Å². The number of nitrogens with zero attached hydrogens (tertiary/aromatic N) is 2. The monoisotopic (exact) mass is 458 g/mol. The molecule has 1 amide bonds. The standard InChI is InChI=1S/C23H30N4O6/c28-19(24-16-23(8-4-1-5-9-23)26-10-12-32-13-11-26)15-33-20(29)14-27-18-7-3-2-6-17(18)21(30)25-22(27)31/h2-3,6-7H,1,4-5,8-16H2,(H,24,28)(H,25,30,31). The third kappa shape index (κ3) is 5.33. The van der Waals surface area contributed by atoms with Crippen molar-refractivity contribution in [3.63, 3.8) is 0 Å². The molecule has 0 atom stereocenters. The van der Waals surface area contributed by atoms with Gasteiger partial charge in [-0.25, -0.2) is 4.79 Å². The number of morpholine rings is 1. The second kappa shape index (κ2) is 10.3. The Balaban J connectivity index is 1.33. The van der Waals surface area contributed by atoms with E-state index in [0.29, 0.717) is 30.7 Å². The molecular weight excluding hydrogens is 428 g/mol. The summed E-state index contributed by atoms with van der Waals surface area (Å²) in [6.45, 7) is 2.79. The molecule has 10 nitrogen and oxygen atoms in total. The molecule has 1 saturated carbocycles. The second-order valence-electron chi connectivity index (χ2n) is 8.68. The van der Waals surface area contributed by atoms with Crippen LogP contribution < -0.4 is 16.6 Å². The number of carbonyl (C=O) groups excluding carboxylic acids is 2. The minimum atomic E-state index is -0.731. The van der Waals surface area contributed by atoms with E-state index in [1.54, 1.807) is 24.3 Å². The summed E-state index contributed by atoms with van der Waals surface area (Å²) in [5.41, 5.74) is -0.970. The van der Waals surface area contributed by atoms with Crippen molar-refractivity contribution in [1.82, 2.24) is 19.8 Å². The molecule has 2 fully saturated rings. The van der Waals surface area contributed by atoms with Crippen molar-refractivity contribution in [2.75, 3.05) is 39.5 Å². The molecule has 0 bridgehead atoms. The van der Waals surface area contributed by atoms with Gasteiger partial charge in [0.1, 0.15) is 6.54 Å². The fraction of sp³-hybridized carbons (Fsp3) is 0.565. The van der Waals surface area contributed by atoms with E-state index in [1.165, 1.54) is 6.42 Å². The van der Waals surface area contributed by atoms with Crippen LogP contribution in [-0.2, 0) is 25.6 Å². The molecule has 2 N–H and O–H groups in total. The summed E-state index contributed by atoms with van der Waals surface area (Å²) in [6.07, 6.45) is 5.51. The van der Waals surface area contributed by atoms with Crippen LogP contribution >= 0.6 is 0 Å². The molecule has 0 radical (unpaired) electrons. The first-order valence-electron chi connectivity index (χ1n) is 11.5. The SMILES string of the molecule is O=C(COC(=O)Cn1c(=O)[nH]c(=O)c2ccccc21)NCC1(N2CCOCC2)CCCCC1. The normalized spacial score (nSPS) is 18.7. The van der Waals surface area contributed by atoms with Crippen LogP contribution in [0.4, 0.5) is 0 Å². The van der Waals surface area contributed by atoms with Crippen molar-refractivity contribution in [1.29, 1.82) is 0 Å². The highest BCUT2D eigenvalue weighted by Crippen LogP contribution is 2.33. The molecule has 178 valence electrons. The Hall–Kier alpha value is -2.98. The summed E-state index contributed by atoms with van der Waals surface area (Å²) in [5, 5.41) is 3.24. The first-order valence-corrected chi connectivity index (χ1v) is 11.5. The molecule has 2 heterocycles. The number of benzene rings is 1. The van der Waals surface area contributed by atoms with Crippen LogP contribution in [0.15, 0.2) is 33.9 Å². The van der Waals surface area contributed by atoms with Crippen molar-refractivity contribution in [3.8, 4) is 0 Å². The van der Waals surface area contributed by atoms with E-state index in [1.807, 2.05) is 0 Å². The lowest BCUT2D eigenvalue weighted by Crippen LogP contribution is -2.59. The van der Waals surface area contributed by atoms with Crippen LogP contribution in [0.3, 0.4) is 0 Å². The van der Waals surface area contributed by atoms with Crippen LogP contribution in [0, 0.1) is 0 Å². The molecule has 33 heavy (non-hydrogen) atoms. The van der Waals surface area contributed by atoms with Crippen LogP contribution in [0.5, 0.6) is 0 Å². The number of hydrogen-bond donors (Lipinski definition) is 2. The lowest BCUT2D eigenvalue weighted by atomic mass is 9.79. The lowest BCUT2D eigenvalue weighted by Gasteiger charge is -2.48. The number of aromatic nitrogens is 2. The maximum absolute atomic E-state index is 12.4. The third-order valence-corrected chi connectivity index (χ3v) is 6.64. The molecule has 10 heteroatoms. The Labute approximate surface area is 190 Å². The summed E-state index contributed by atoms with van der Waals surface area (Å²) in [5.74, 6) is -1.11. The van der Waals surface area contributed by atoms with Gasteiger partial charge in [0.2, 0.25) is 0 Å². The molecule has 1 aliphatic carbocycles. The van der Waals surface area contributed by atoms with Gasteiger partial charge in [0.25, 0.3) is 11.5 Å². The molecule has 1 aromatic heterocycles. The van der Waals surface area contributed by atoms with E-state index in [-0.39, 0.29) is 11.4 Å². The zero-order chi connectivity index (χ0) is 23.3. The topological polar surface area (TPSA) is 123 Å². The van der Waals surface area contributed by atoms with Gasteiger partial charge >= 0.3 is 11.7 Å². The van der Waals surface area contributed by atoms with Gasteiger partial charge in [-0.1, -0.05) is 31.4 Å². The van der Waals surface area contributed by atoms with Crippen LogP contribution in [0.2, 0.25) is 0 Å². The van der Waals surface area contributed by atoms with Gasteiger partial charge in [-0.05, 0) is 25.0 Å². The van der Waals surface area contributed by atoms with E-state index in [2.05, 4.69) is 15.2 Å². The van der Waals surface area contributed by atoms with Crippen LogP contribution in [0.25, 0.3) is 10.9 Å². The van der Waals surface area contributed by atoms with Gasteiger partial charge in [0.05, 0.1) is 24.1 Å². The van der Waals surface area contributed by atoms with E-state index < -0.39 is 30.4 Å². The number of H-pyrrole nitrogens is 1. The van der Waals surface area contributed by atoms with E-state index in [0.717, 1.165) is 43.3 Å². The number of hydrogen-bond acceptors (Lipinski definition) is 7. The van der Waals surface area contributed by atoms with E-state index in [9.17, 15) is 19.2 Å². The molecule has 2 aromatic rings. The van der Waals surface area contributed by atoms with Gasteiger partial charge in [0.15, 0.2) is 6.61 Å². The van der Waals surface area contributed by atoms with Crippen LogP contribution in [-0.4, -0.2) is 71.3 Å². The maximum Gasteiger partial charge on any atom is 0.329 e. The second-order valence-corrected chi connectivity index (χ2v) is 8.68. The van der Waals surface area contributed by atoms with E-state index in [4.69, 9.17) is 9.47 Å². The van der Waals surface area contributed by atoms with E-state index >= 15 is 0 Å². The summed E-state index contributed by atoms with van der Waals surface area (Å²) < 4.78 is 11.7. The predicted octanol–water partition coefficient (Wildman–Crippen LogP) is 0.384. The Morgan fingerprint density at radius 1 is 1.09 bits per heavy atom. The highest BCUT2D eigenvalue weighted by molar-refractivity contribution is 5.82. The summed E-state index contributed by atoms with van der Waals surface area (Å²) in [4.78, 5) is 53.5. The maximum atomic E-state index is 12.4. The smallest absolute Gasteiger partial charge is 0.329 e. The van der Waals surface area contributed by atoms with Gasteiger partial charge in [-0.3, -0.25) is 28.8 Å². The first kappa shape index (κ1) is 23.2. The van der Waals surface area contributed by atoms with Crippen molar-refractivity contribution in [2.45, 2.75) is 44.2 Å². The molecule has 2 aliphatic rings. The van der Waals surface area contributed by atoms with Gasteiger partial charge in [-0.15, -0.1) is 0 Å². The average Bonchev–Trinajstić information content (AvgIpc) is 2.85. The number of amides is 1. The minimum Gasteiger partial charge on any atom is -0.454 e. The Morgan fingerprint density at radius 3 is 2.58 bits per heavy atom. The molecule has 0 spiro atoms. The number of ether oxygens (including phenoxy) is 2. The predicted molar refractivity (Wildman–Crippen MR) is 121 cm³/mol. The molecule has 1 saturated heterocycles. The molecular formula is C23H30N4O6. The van der Waals surface area contributed by atoms with Crippen molar-refractivity contribution in [2.24, 2.45) is 0 Å². The zero-order valence-corrected chi connectivity index (χ0v) is 18.6. The number of esters is 1. The fourth-order valence-corrected chi connectivity index (χ4v) is 4.89. The third-order valence-electron chi connectivity index (χ3n) is 6.64. The number of carbonyl (C=O) groups is 2. The highest BCUT2D eigenvalue weighted by Gasteiger charge is 2.38. The number of fused-ring (bicyclic) bond motifs is 1. The quantitative estimate of drug-likeness (QED) is 0.575. The molecule has 1 aliphatic heterocycles. The number of para-hydroxylation sites is 1. The molecule has 1 aromatic carbocycles. The van der Waals surface area contributed by atoms with Crippen molar-refractivity contribution >= 4 is 22.8 Å². The number of aromatic amines is 1. The number of rotatable bonds is 7. The Morgan fingerprint density at radius 2 is 1.82 bits per heavy atom. The van der Waals surface area contributed by atoms with Gasteiger partial charge in [-0.2, -0.15) is 0 Å². The van der Waals surface area contributed by atoms with Crippen molar-refractivity contribution in [3.05, 3.63) is 45.1 Å². The van der Waals surface area contributed by atoms with Gasteiger partial charge < -0.3 is 14.8 Å². The van der Waals surface area contributed by atoms with Crippen LogP contribution in [0.1, 0.15) is 32.1 Å². The fourth-order valence-electron chi connectivity index (χ4n) is 4.89. The summed E-state index contributed by atoms with van der Waals surface area (Å²) in [7, 11) is 0. The number of nitrogens with one attached hydrogen (secondary N) is 2. The summed E-state index contributed by atoms with van der Waals surface area (Å²) in [6, 6.07) is 6.50. The molecule has 4 rings (SSSR count). The average molecular weight is 459 g/mol. The first-order chi connectivity index (χ1) is 16.0.